The Kier molecular flexibility index (Phi) is 4.29. The monoisotopic (exact) mass is 230 g/mol. The molecule has 0 aliphatic heterocycles. The lowest BCUT2D eigenvalue weighted by atomic mass is 9.99. The van der Waals surface area contributed by atoms with Gasteiger partial charge in [0.1, 0.15) is 5.75 Å². The molecule has 3 nitrogen and oxygen atoms in total. The fourth-order valence-electron chi connectivity index (χ4n) is 1.56. The van der Waals surface area contributed by atoms with Crippen molar-refractivity contribution in [2.75, 3.05) is 7.11 Å². The van der Waals surface area contributed by atoms with E-state index >= 15 is 0 Å². The fourth-order valence-corrected chi connectivity index (χ4v) is 1.56. The van der Waals surface area contributed by atoms with Crippen molar-refractivity contribution in [3.63, 3.8) is 0 Å². The molecule has 1 N–H and O–H groups in total. The zero-order valence-corrected chi connectivity index (χ0v) is 9.64. The topological polar surface area (TPSA) is 46.5 Å². The maximum atomic E-state index is 10.5. The number of aliphatic carboxylic acids is 1. The Balaban J connectivity index is 3.38. The lowest BCUT2D eigenvalue weighted by molar-refractivity contribution is -0.131. The minimum Gasteiger partial charge on any atom is -0.496 e. The SMILES string of the molecule is C=Cc1c(/C=C/C(=O)O)ccc(OC)c1C=C. The summed E-state index contributed by atoms with van der Waals surface area (Å²) in [6.45, 7) is 7.43. The molecule has 0 radical (unpaired) electrons. The minimum absolute atomic E-state index is 0.683. The number of carbonyl (C=O) groups is 1. The lowest BCUT2D eigenvalue weighted by Crippen LogP contribution is -1.93. The molecular weight excluding hydrogens is 216 g/mol. The van der Waals surface area contributed by atoms with E-state index < -0.39 is 5.97 Å². The number of hydrogen-bond acceptors (Lipinski definition) is 2. The van der Waals surface area contributed by atoms with Gasteiger partial charge in [-0.25, -0.2) is 4.79 Å². The van der Waals surface area contributed by atoms with Gasteiger partial charge in [-0.05, 0) is 23.3 Å². The minimum atomic E-state index is -0.990. The van der Waals surface area contributed by atoms with Gasteiger partial charge in [0.15, 0.2) is 0 Å². The number of carboxylic acid groups (broad SMARTS) is 1. The Hall–Kier alpha value is -2.29. The van der Waals surface area contributed by atoms with Crippen molar-refractivity contribution in [2.45, 2.75) is 0 Å². The number of carboxylic acids is 1. The van der Waals surface area contributed by atoms with Crippen LogP contribution in [0, 0.1) is 0 Å². The van der Waals surface area contributed by atoms with E-state index in [-0.39, 0.29) is 0 Å². The smallest absolute Gasteiger partial charge is 0.328 e. The van der Waals surface area contributed by atoms with Crippen molar-refractivity contribution in [2.24, 2.45) is 0 Å². The van der Waals surface area contributed by atoms with Crippen LogP contribution in [0.25, 0.3) is 18.2 Å². The van der Waals surface area contributed by atoms with Crippen molar-refractivity contribution < 1.29 is 14.6 Å². The van der Waals surface area contributed by atoms with E-state index in [0.717, 1.165) is 22.8 Å². The summed E-state index contributed by atoms with van der Waals surface area (Å²) in [5.41, 5.74) is 2.37. The Bertz CT molecular complexity index is 484. The molecule has 17 heavy (non-hydrogen) atoms. The Morgan fingerprint density at radius 2 is 1.94 bits per heavy atom. The van der Waals surface area contributed by atoms with Gasteiger partial charge >= 0.3 is 5.97 Å². The molecule has 1 aromatic rings. The second kappa shape index (κ2) is 5.70. The normalized spacial score (nSPS) is 10.2. The standard InChI is InChI=1S/C14H14O3/c1-4-11-10(7-9-14(15)16)6-8-13(17-3)12(11)5-2/h4-9H,1-2H2,3H3,(H,15,16)/b9-7+. The number of benzene rings is 1. The average Bonchev–Trinajstić information content (AvgIpc) is 2.34. The van der Waals surface area contributed by atoms with Crippen LogP contribution in [0.5, 0.6) is 5.75 Å². The highest BCUT2D eigenvalue weighted by atomic mass is 16.5. The van der Waals surface area contributed by atoms with Crippen LogP contribution in [0.15, 0.2) is 31.4 Å². The van der Waals surface area contributed by atoms with E-state index in [1.165, 1.54) is 6.08 Å². The Morgan fingerprint density at radius 3 is 2.41 bits per heavy atom. The summed E-state index contributed by atoms with van der Waals surface area (Å²) >= 11 is 0. The van der Waals surface area contributed by atoms with Gasteiger partial charge in [-0.2, -0.15) is 0 Å². The second-order valence-electron chi connectivity index (χ2n) is 3.26. The highest BCUT2D eigenvalue weighted by Gasteiger charge is 2.07. The molecule has 1 aromatic carbocycles. The van der Waals surface area contributed by atoms with Gasteiger partial charge in [0.05, 0.1) is 7.11 Å². The second-order valence-corrected chi connectivity index (χ2v) is 3.26. The summed E-state index contributed by atoms with van der Waals surface area (Å²) in [6, 6.07) is 3.55. The molecule has 0 saturated heterocycles. The van der Waals surface area contributed by atoms with Crippen LogP contribution in [-0.2, 0) is 4.79 Å². The molecule has 0 saturated carbocycles. The van der Waals surface area contributed by atoms with Crippen LogP contribution in [0.1, 0.15) is 16.7 Å². The van der Waals surface area contributed by atoms with Gasteiger partial charge in [-0.1, -0.05) is 31.4 Å². The van der Waals surface area contributed by atoms with E-state index in [4.69, 9.17) is 9.84 Å². The Labute approximate surface area is 100 Å². The van der Waals surface area contributed by atoms with Gasteiger partial charge in [0.2, 0.25) is 0 Å². The largest absolute Gasteiger partial charge is 0.496 e. The third-order valence-corrected chi connectivity index (χ3v) is 2.31. The fraction of sp³-hybridized carbons (Fsp3) is 0.0714. The van der Waals surface area contributed by atoms with Crippen molar-refractivity contribution in [3.8, 4) is 5.75 Å². The molecule has 0 aromatic heterocycles. The van der Waals surface area contributed by atoms with E-state index in [0.29, 0.717) is 5.75 Å². The Morgan fingerprint density at radius 1 is 1.29 bits per heavy atom. The van der Waals surface area contributed by atoms with E-state index in [9.17, 15) is 4.79 Å². The molecule has 0 amide bonds. The van der Waals surface area contributed by atoms with Crippen LogP contribution >= 0.6 is 0 Å². The first-order chi connectivity index (χ1) is 8.13. The maximum absolute atomic E-state index is 10.5. The van der Waals surface area contributed by atoms with Crippen molar-refractivity contribution in [1.29, 1.82) is 0 Å². The molecule has 0 aliphatic rings. The highest BCUT2D eigenvalue weighted by molar-refractivity contribution is 5.87. The molecule has 1 rings (SSSR count). The number of ether oxygens (including phenoxy) is 1. The first-order valence-corrected chi connectivity index (χ1v) is 5.01. The summed E-state index contributed by atoms with van der Waals surface area (Å²) in [7, 11) is 1.57. The van der Waals surface area contributed by atoms with E-state index in [2.05, 4.69) is 13.2 Å². The summed E-state index contributed by atoms with van der Waals surface area (Å²) in [6.07, 6.45) is 5.92. The zero-order chi connectivity index (χ0) is 12.8. The summed E-state index contributed by atoms with van der Waals surface area (Å²) in [5, 5.41) is 8.61. The van der Waals surface area contributed by atoms with Gasteiger partial charge < -0.3 is 9.84 Å². The lowest BCUT2D eigenvalue weighted by Gasteiger charge is -2.10. The number of methoxy groups -OCH3 is 1. The average molecular weight is 230 g/mol. The molecule has 88 valence electrons. The molecule has 3 heteroatoms. The van der Waals surface area contributed by atoms with E-state index in [1.54, 1.807) is 31.4 Å². The van der Waals surface area contributed by atoms with Crippen molar-refractivity contribution >= 4 is 24.2 Å². The summed E-state index contributed by atoms with van der Waals surface area (Å²) in [5.74, 6) is -0.307. The predicted octanol–water partition coefficient (Wildman–Crippen LogP) is 3.08. The molecule has 0 atom stereocenters. The quantitative estimate of drug-likeness (QED) is 0.791. The molecule has 0 unspecified atom stereocenters. The van der Waals surface area contributed by atoms with Crippen LogP contribution in [-0.4, -0.2) is 18.2 Å². The maximum Gasteiger partial charge on any atom is 0.328 e. The highest BCUT2D eigenvalue weighted by Crippen LogP contribution is 2.28. The predicted molar refractivity (Wildman–Crippen MR) is 69.8 cm³/mol. The van der Waals surface area contributed by atoms with Crippen molar-refractivity contribution in [1.82, 2.24) is 0 Å². The third-order valence-electron chi connectivity index (χ3n) is 2.31. The number of hydrogen-bond donors (Lipinski definition) is 1. The first kappa shape index (κ1) is 12.8. The van der Waals surface area contributed by atoms with Crippen LogP contribution in [0.4, 0.5) is 0 Å². The molecule has 0 aliphatic carbocycles. The first-order valence-electron chi connectivity index (χ1n) is 5.01. The zero-order valence-electron chi connectivity index (χ0n) is 9.64. The van der Waals surface area contributed by atoms with E-state index in [1.807, 2.05) is 0 Å². The third kappa shape index (κ3) is 2.84. The van der Waals surface area contributed by atoms with Gasteiger partial charge in [-0.3, -0.25) is 0 Å². The summed E-state index contributed by atoms with van der Waals surface area (Å²) in [4.78, 5) is 10.5. The van der Waals surface area contributed by atoms with Gasteiger partial charge in [0, 0.05) is 11.6 Å². The molecule has 0 fully saturated rings. The van der Waals surface area contributed by atoms with Crippen molar-refractivity contribution in [3.05, 3.63) is 48.1 Å². The van der Waals surface area contributed by atoms with Crippen LogP contribution < -0.4 is 4.74 Å². The number of rotatable bonds is 5. The van der Waals surface area contributed by atoms with Gasteiger partial charge in [0.25, 0.3) is 0 Å². The molecular formula is C14H14O3. The van der Waals surface area contributed by atoms with Crippen LogP contribution in [0.3, 0.4) is 0 Å². The molecule has 0 bridgehead atoms. The van der Waals surface area contributed by atoms with Crippen LogP contribution in [0.2, 0.25) is 0 Å². The molecule has 0 spiro atoms. The molecule has 0 heterocycles. The van der Waals surface area contributed by atoms with Gasteiger partial charge in [-0.15, -0.1) is 0 Å². The summed E-state index contributed by atoms with van der Waals surface area (Å²) < 4.78 is 5.20.